The number of hydrogen-bond acceptors (Lipinski definition) is 4. The van der Waals surface area contributed by atoms with E-state index in [1.54, 1.807) is 24.3 Å². The fraction of sp³-hybridized carbons (Fsp3) is 0.286. The van der Waals surface area contributed by atoms with Crippen LogP contribution in [0, 0.1) is 0 Å². The Morgan fingerprint density at radius 2 is 1.56 bits per heavy atom. The molecule has 0 amide bonds. The van der Waals surface area contributed by atoms with Crippen LogP contribution in [0.25, 0.3) is 6.08 Å². The van der Waals surface area contributed by atoms with Gasteiger partial charge in [-0.05, 0) is 63.3 Å². The van der Waals surface area contributed by atoms with E-state index >= 15 is 0 Å². The Labute approximate surface area is 149 Å². The molecule has 0 heterocycles. The highest BCUT2D eigenvalue weighted by Crippen LogP contribution is 2.26. The Bertz CT molecular complexity index is 734. The summed E-state index contributed by atoms with van der Waals surface area (Å²) in [5.74, 6) is 2.07. The van der Waals surface area contributed by atoms with E-state index in [0.717, 1.165) is 17.1 Å². The zero-order valence-corrected chi connectivity index (χ0v) is 15.0. The van der Waals surface area contributed by atoms with Gasteiger partial charge in [-0.2, -0.15) is 0 Å². The molecule has 0 radical (unpaired) electrons. The predicted octanol–water partition coefficient (Wildman–Crippen LogP) is 4.78. The Kier molecular flexibility index (Phi) is 7.08. The molecule has 2 rings (SSSR count). The molecule has 0 N–H and O–H groups in total. The van der Waals surface area contributed by atoms with Gasteiger partial charge in [0.2, 0.25) is 0 Å². The van der Waals surface area contributed by atoms with E-state index in [1.807, 2.05) is 51.1 Å². The number of hydrogen-bond donors (Lipinski definition) is 0. The lowest BCUT2D eigenvalue weighted by atomic mass is 10.1. The van der Waals surface area contributed by atoms with Crippen molar-refractivity contribution in [2.45, 2.75) is 20.8 Å². The number of carbonyl (C=O) groups is 1. The molecule has 4 heteroatoms. The highest BCUT2D eigenvalue weighted by atomic mass is 16.5. The van der Waals surface area contributed by atoms with Crippen molar-refractivity contribution in [3.8, 4) is 17.2 Å². The summed E-state index contributed by atoms with van der Waals surface area (Å²) in [5.41, 5.74) is 1.39. The molecule has 0 aromatic heterocycles. The first-order chi connectivity index (χ1) is 12.2. The van der Waals surface area contributed by atoms with Gasteiger partial charge >= 0.3 is 0 Å². The number of rotatable bonds is 9. The number of carbonyl (C=O) groups excluding carboxylic acids is 1. The molecule has 4 nitrogen and oxygen atoms in total. The van der Waals surface area contributed by atoms with Crippen LogP contribution >= 0.6 is 0 Å². The first-order valence-electron chi connectivity index (χ1n) is 8.52. The third-order valence-electron chi connectivity index (χ3n) is 3.44. The molecular formula is C21H24O4. The van der Waals surface area contributed by atoms with Gasteiger partial charge in [-0.25, -0.2) is 0 Å². The minimum Gasteiger partial charge on any atom is -0.494 e. The van der Waals surface area contributed by atoms with Crippen LogP contribution in [0.1, 0.15) is 36.7 Å². The molecule has 0 fully saturated rings. The third-order valence-corrected chi connectivity index (χ3v) is 3.44. The number of benzene rings is 2. The summed E-state index contributed by atoms with van der Waals surface area (Å²) >= 11 is 0. The van der Waals surface area contributed by atoms with Crippen LogP contribution in [0.4, 0.5) is 0 Å². The zero-order valence-electron chi connectivity index (χ0n) is 15.0. The van der Waals surface area contributed by atoms with Crippen molar-refractivity contribution in [3.63, 3.8) is 0 Å². The molecule has 0 aliphatic heterocycles. The first-order valence-corrected chi connectivity index (χ1v) is 8.52. The van der Waals surface area contributed by atoms with E-state index in [2.05, 4.69) is 0 Å². The maximum atomic E-state index is 12.4. The molecule has 0 atom stereocenters. The van der Waals surface area contributed by atoms with Gasteiger partial charge in [0.1, 0.15) is 17.2 Å². The second-order valence-corrected chi connectivity index (χ2v) is 5.22. The fourth-order valence-electron chi connectivity index (χ4n) is 2.37. The van der Waals surface area contributed by atoms with Gasteiger partial charge in [0.05, 0.1) is 19.8 Å². The van der Waals surface area contributed by atoms with Crippen molar-refractivity contribution in [1.29, 1.82) is 0 Å². The Balaban J connectivity index is 2.23. The van der Waals surface area contributed by atoms with Crippen molar-refractivity contribution in [2.75, 3.05) is 19.8 Å². The Morgan fingerprint density at radius 1 is 0.880 bits per heavy atom. The lowest BCUT2D eigenvalue weighted by Crippen LogP contribution is -1.98. The van der Waals surface area contributed by atoms with Crippen molar-refractivity contribution >= 4 is 11.9 Å². The van der Waals surface area contributed by atoms with Crippen molar-refractivity contribution in [1.82, 2.24) is 0 Å². The van der Waals surface area contributed by atoms with Crippen LogP contribution in [0.5, 0.6) is 17.2 Å². The summed E-state index contributed by atoms with van der Waals surface area (Å²) in [6.45, 7) is 7.47. The smallest absolute Gasteiger partial charge is 0.185 e. The predicted molar refractivity (Wildman–Crippen MR) is 99.8 cm³/mol. The average Bonchev–Trinajstić information content (AvgIpc) is 2.62. The van der Waals surface area contributed by atoms with Gasteiger partial charge in [0.25, 0.3) is 0 Å². The van der Waals surface area contributed by atoms with Crippen LogP contribution in [0.2, 0.25) is 0 Å². The molecular weight excluding hydrogens is 316 g/mol. The molecule has 2 aromatic carbocycles. The highest BCUT2D eigenvalue weighted by molar-refractivity contribution is 6.07. The van der Waals surface area contributed by atoms with E-state index in [-0.39, 0.29) is 5.78 Å². The molecule has 2 aromatic rings. The van der Waals surface area contributed by atoms with E-state index in [1.165, 1.54) is 0 Å². The molecule has 0 spiro atoms. The fourth-order valence-corrected chi connectivity index (χ4v) is 2.37. The minimum atomic E-state index is -0.0918. The van der Waals surface area contributed by atoms with Gasteiger partial charge in [-0.15, -0.1) is 0 Å². The second kappa shape index (κ2) is 9.52. The second-order valence-electron chi connectivity index (χ2n) is 5.22. The Morgan fingerprint density at radius 3 is 2.24 bits per heavy atom. The molecule has 0 aliphatic carbocycles. The van der Waals surface area contributed by atoms with Crippen molar-refractivity contribution in [3.05, 3.63) is 59.7 Å². The largest absolute Gasteiger partial charge is 0.494 e. The molecule has 25 heavy (non-hydrogen) atoms. The molecule has 0 aliphatic rings. The molecule has 0 saturated heterocycles. The quantitative estimate of drug-likeness (QED) is 0.487. The maximum absolute atomic E-state index is 12.4. The van der Waals surface area contributed by atoms with E-state index in [4.69, 9.17) is 14.2 Å². The number of ether oxygens (including phenoxy) is 3. The molecule has 0 saturated carbocycles. The summed E-state index contributed by atoms with van der Waals surface area (Å²) < 4.78 is 16.6. The molecule has 0 unspecified atom stereocenters. The van der Waals surface area contributed by atoms with Gasteiger partial charge < -0.3 is 14.2 Å². The van der Waals surface area contributed by atoms with Crippen LogP contribution in [0.15, 0.2) is 48.5 Å². The Hall–Kier alpha value is -2.75. The van der Waals surface area contributed by atoms with Gasteiger partial charge in [-0.1, -0.05) is 12.1 Å². The van der Waals surface area contributed by atoms with E-state index < -0.39 is 0 Å². The summed E-state index contributed by atoms with van der Waals surface area (Å²) in [5, 5.41) is 0. The highest BCUT2D eigenvalue weighted by Gasteiger charge is 2.06. The first kappa shape index (κ1) is 18.6. The summed E-state index contributed by atoms with van der Waals surface area (Å²) in [6, 6.07) is 12.8. The monoisotopic (exact) mass is 340 g/mol. The van der Waals surface area contributed by atoms with E-state index in [9.17, 15) is 4.79 Å². The lowest BCUT2D eigenvalue weighted by Gasteiger charge is -2.10. The summed E-state index contributed by atoms with van der Waals surface area (Å²) in [6.07, 6.45) is 3.29. The van der Waals surface area contributed by atoms with Crippen LogP contribution in [0.3, 0.4) is 0 Å². The summed E-state index contributed by atoms with van der Waals surface area (Å²) in [7, 11) is 0. The average molecular weight is 340 g/mol. The molecule has 0 bridgehead atoms. The van der Waals surface area contributed by atoms with Crippen molar-refractivity contribution < 1.29 is 19.0 Å². The van der Waals surface area contributed by atoms with Gasteiger partial charge in [0.15, 0.2) is 5.78 Å². The minimum absolute atomic E-state index is 0.0918. The normalized spacial score (nSPS) is 10.7. The topological polar surface area (TPSA) is 44.8 Å². The van der Waals surface area contributed by atoms with Gasteiger partial charge in [0, 0.05) is 11.1 Å². The lowest BCUT2D eigenvalue weighted by molar-refractivity contribution is 0.104. The van der Waals surface area contributed by atoms with E-state index in [0.29, 0.717) is 31.1 Å². The standard InChI is InChI=1S/C21H24O4/c1-4-23-18-9-7-8-16(14-18)20(22)12-10-17-15-19(24-5-2)11-13-21(17)25-6-3/h7-15H,4-6H2,1-3H3. The van der Waals surface area contributed by atoms with Crippen LogP contribution < -0.4 is 14.2 Å². The van der Waals surface area contributed by atoms with Crippen LogP contribution in [-0.2, 0) is 0 Å². The SMILES string of the molecule is CCOc1cccc(C(=O)C=Cc2cc(OCC)ccc2OCC)c1. The number of ketones is 1. The summed E-state index contributed by atoms with van der Waals surface area (Å²) in [4.78, 5) is 12.4. The van der Waals surface area contributed by atoms with Gasteiger partial charge in [-0.3, -0.25) is 4.79 Å². The maximum Gasteiger partial charge on any atom is 0.185 e. The third kappa shape index (κ3) is 5.38. The molecule has 132 valence electrons. The van der Waals surface area contributed by atoms with Crippen molar-refractivity contribution in [2.24, 2.45) is 0 Å². The van der Waals surface area contributed by atoms with Crippen LogP contribution in [-0.4, -0.2) is 25.6 Å². The zero-order chi connectivity index (χ0) is 18.1. The number of allylic oxidation sites excluding steroid dienone is 1.